The van der Waals surface area contributed by atoms with Crippen molar-refractivity contribution < 1.29 is 32.2 Å². The number of amides is 2. The Morgan fingerprint density at radius 3 is 1.97 bits per heavy atom. The molecule has 2 amide bonds. The summed E-state index contributed by atoms with van der Waals surface area (Å²) in [6, 6.07) is 11.2. The number of hydrogen-bond donors (Lipinski definition) is 1. The van der Waals surface area contributed by atoms with E-state index in [4.69, 9.17) is 4.74 Å². The Bertz CT molecular complexity index is 981. The third kappa shape index (κ3) is 4.40. The molecule has 1 aliphatic heterocycles. The molecule has 0 fully saturated rings. The second-order valence-electron chi connectivity index (χ2n) is 6.75. The maximum Gasteiger partial charge on any atom is 0.573 e. The van der Waals surface area contributed by atoms with Crippen LogP contribution in [0.15, 0.2) is 54.2 Å². The number of rotatable bonds is 6. The van der Waals surface area contributed by atoms with E-state index >= 15 is 0 Å². The van der Waals surface area contributed by atoms with Gasteiger partial charge in [0.05, 0.1) is 12.7 Å². The average Bonchev–Trinajstić information content (AvgIpc) is 2.92. The smallest absolute Gasteiger partial charge is 0.497 e. The van der Waals surface area contributed by atoms with Gasteiger partial charge in [0.2, 0.25) is 0 Å². The quantitative estimate of drug-likeness (QED) is 0.710. The van der Waals surface area contributed by atoms with E-state index in [-0.39, 0.29) is 17.3 Å². The third-order valence-electron chi connectivity index (χ3n) is 4.37. The van der Waals surface area contributed by atoms with E-state index < -0.39 is 23.9 Å². The maximum absolute atomic E-state index is 13.0. The van der Waals surface area contributed by atoms with Gasteiger partial charge in [-0.15, -0.1) is 13.2 Å². The molecule has 0 bridgehead atoms. The maximum atomic E-state index is 13.0. The average molecular weight is 420 g/mol. The van der Waals surface area contributed by atoms with Gasteiger partial charge in [-0.2, -0.15) is 0 Å². The van der Waals surface area contributed by atoms with Crippen molar-refractivity contribution in [3.8, 4) is 11.5 Å². The Hall–Kier alpha value is -3.49. The van der Waals surface area contributed by atoms with E-state index in [0.29, 0.717) is 17.0 Å². The van der Waals surface area contributed by atoms with E-state index in [9.17, 15) is 22.8 Å². The van der Waals surface area contributed by atoms with Crippen LogP contribution in [0.5, 0.6) is 11.5 Å². The first-order valence-corrected chi connectivity index (χ1v) is 9.00. The first kappa shape index (κ1) is 21.2. The molecule has 1 aliphatic rings. The number of methoxy groups -OCH3 is 1. The summed E-state index contributed by atoms with van der Waals surface area (Å²) >= 11 is 0. The molecule has 9 heteroatoms. The summed E-state index contributed by atoms with van der Waals surface area (Å²) in [7, 11) is 1.51. The van der Waals surface area contributed by atoms with Crippen LogP contribution < -0.4 is 14.8 Å². The molecule has 0 saturated carbocycles. The van der Waals surface area contributed by atoms with Crippen molar-refractivity contribution in [2.75, 3.05) is 12.4 Å². The number of imide groups is 1. The van der Waals surface area contributed by atoms with Crippen LogP contribution in [0.25, 0.3) is 5.57 Å². The summed E-state index contributed by atoms with van der Waals surface area (Å²) in [4.78, 5) is 27.0. The largest absolute Gasteiger partial charge is 0.573 e. The Balaban J connectivity index is 1.97. The highest BCUT2D eigenvalue weighted by Crippen LogP contribution is 2.33. The van der Waals surface area contributed by atoms with Gasteiger partial charge in [-0.1, -0.05) is 12.1 Å². The Labute approximate surface area is 170 Å². The highest BCUT2D eigenvalue weighted by molar-refractivity contribution is 6.36. The van der Waals surface area contributed by atoms with Gasteiger partial charge >= 0.3 is 6.36 Å². The van der Waals surface area contributed by atoms with Crippen LogP contribution in [0.2, 0.25) is 0 Å². The fraction of sp³-hybridized carbons (Fsp3) is 0.238. The number of ether oxygens (including phenoxy) is 2. The van der Waals surface area contributed by atoms with Crippen LogP contribution in [0.4, 0.5) is 18.9 Å². The summed E-state index contributed by atoms with van der Waals surface area (Å²) < 4.78 is 46.0. The lowest BCUT2D eigenvalue weighted by Gasteiger charge is -2.19. The molecule has 0 radical (unpaired) electrons. The summed E-state index contributed by atoms with van der Waals surface area (Å²) in [6.45, 7) is 3.43. The second kappa shape index (κ2) is 8.10. The zero-order chi connectivity index (χ0) is 22.1. The molecule has 3 rings (SSSR count). The van der Waals surface area contributed by atoms with Crippen LogP contribution in [0.1, 0.15) is 19.4 Å². The van der Waals surface area contributed by atoms with Gasteiger partial charge in [0.25, 0.3) is 11.8 Å². The summed E-state index contributed by atoms with van der Waals surface area (Å²) in [5.41, 5.74) is 1.06. The second-order valence-corrected chi connectivity index (χ2v) is 6.75. The fourth-order valence-electron chi connectivity index (χ4n) is 3.04. The van der Waals surface area contributed by atoms with Gasteiger partial charge in [0, 0.05) is 11.7 Å². The Morgan fingerprint density at radius 1 is 0.900 bits per heavy atom. The summed E-state index contributed by atoms with van der Waals surface area (Å²) in [6.07, 6.45) is -4.80. The molecule has 0 spiro atoms. The van der Waals surface area contributed by atoms with Crippen molar-refractivity contribution in [3.05, 3.63) is 59.8 Å². The van der Waals surface area contributed by atoms with Crippen LogP contribution in [0.3, 0.4) is 0 Å². The molecule has 0 aromatic heterocycles. The van der Waals surface area contributed by atoms with Crippen molar-refractivity contribution in [3.63, 3.8) is 0 Å². The normalized spacial score (nSPS) is 14.6. The zero-order valence-electron chi connectivity index (χ0n) is 16.4. The molecule has 2 aromatic carbocycles. The number of nitrogens with zero attached hydrogens (tertiary/aromatic N) is 1. The van der Waals surface area contributed by atoms with Crippen LogP contribution >= 0.6 is 0 Å². The van der Waals surface area contributed by atoms with E-state index in [1.807, 2.05) is 0 Å². The van der Waals surface area contributed by atoms with E-state index in [1.54, 1.807) is 38.1 Å². The first-order chi connectivity index (χ1) is 14.1. The predicted molar refractivity (Wildman–Crippen MR) is 104 cm³/mol. The standard InChI is InChI=1S/C21H19F3N2O4/c1-12(2)26-19(27)17(13-4-8-15(29-3)9-5-13)18(20(26)28)25-14-6-10-16(11-7-14)30-21(22,23)24/h4-12,25H,1-3H3. The van der Waals surface area contributed by atoms with Gasteiger partial charge in [0.1, 0.15) is 17.2 Å². The van der Waals surface area contributed by atoms with Crippen molar-refractivity contribution in [1.82, 2.24) is 4.90 Å². The predicted octanol–water partition coefficient (Wildman–Crippen LogP) is 4.19. The van der Waals surface area contributed by atoms with Gasteiger partial charge in [0.15, 0.2) is 0 Å². The SMILES string of the molecule is COc1ccc(C2=C(Nc3ccc(OC(F)(F)F)cc3)C(=O)N(C(C)C)C2=O)cc1. The molecule has 1 N–H and O–H groups in total. The summed E-state index contributed by atoms with van der Waals surface area (Å²) in [5, 5.41) is 2.87. The monoisotopic (exact) mass is 420 g/mol. The molecular formula is C21H19F3N2O4. The highest BCUT2D eigenvalue weighted by atomic mass is 19.4. The molecule has 0 unspecified atom stereocenters. The minimum absolute atomic E-state index is 0.0448. The number of anilines is 1. The van der Waals surface area contributed by atoms with Gasteiger partial charge in [-0.05, 0) is 55.8 Å². The third-order valence-corrected chi connectivity index (χ3v) is 4.37. The van der Waals surface area contributed by atoms with Gasteiger partial charge in [-0.25, -0.2) is 0 Å². The molecule has 158 valence electrons. The minimum atomic E-state index is -4.80. The number of benzene rings is 2. The number of carbonyl (C=O) groups excluding carboxylic acids is 2. The number of halogens is 3. The van der Waals surface area contributed by atoms with Crippen molar-refractivity contribution >= 4 is 23.1 Å². The molecule has 30 heavy (non-hydrogen) atoms. The molecule has 2 aromatic rings. The molecule has 1 heterocycles. The highest BCUT2D eigenvalue weighted by Gasteiger charge is 2.40. The molecule has 6 nitrogen and oxygen atoms in total. The number of carbonyl (C=O) groups is 2. The van der Waals surface area contributed by atoms with E-state index in [0.717, 1.165) is 17.0 Å². The molecule has 0 atom stereocenters. The Kier molecular flexibility index (Phi) is 5.73. The Morgan fingerprint density at radius 2 is 1.47 bits per heavy atom. The lowest BCUT2D eigenvalue weighted by Crippen LogP contribution is -2.38. The number of alkyl halides is 3. The van der Waals surface area contributed by atoms with Gasteiger partial charge in [-0.3, -0.25) is 14.5 Å². The van der Waals surface area contributed by atoms with Crippen molar-refractivity contribution in [2.45, 2.75) is 26.3 Å². The lowest BCUT2D eigenvalue weighted by atomic mass is 10.0. The van der Waals surface area contributed by atoms with E-state index in [1.165, 1.54) is 19.2 Å². The van der Waals surface area contributed by atoms with Crippen LogP contribution in [0, 0.1) is 0 Å². The van der Waals surface area contributed by atoms with Crippen LogP contribution in [-0.2, 0) is 9.59 Å². The molecular weight excluding hydrogens is 401 g/mol. The number of hydrogen-bond acceptors (Lipinski definition) is 5. The molecule has 0 aliphatic carbocycles. The topological polar surface area (TPSA) is 67.9 Å². The lowest BCUT2D eigenvalue weighted by molar-refractivity contribution is -0.274. The first-order valence-electron chi connectivity index (χ1n) is 9.00. The minimum Gasteiger partial charge on any atom is -0.497 e. The fourth-order valence-corrected chi connectivity index (χ4v) is 3.04. The van der Waals surface area contributed by atoms with E-state index in [2.05, 4.69) is 10.1 Å². The van der Waals surface area contributed by atoms with Crippen molar-refractivity contribution in [2.24, 2.45) is 0 Å². The van der Waals surface area contributed by atoms with Gasteiger partial charge < -0.3 is 14.8 Å². The zero-order valence-corrected chi connectivity index (χ0v) is 16.4. The summed E-state index contributed by atoms with van der Waals surface area (Å²) in [5.74, 6) is -0.780. The molecule has 0 saturated heterocycles. The van der Waals surface area contributed by atoms with Crippen molar-refractivity contribution in [1.29, 1.82) is 0 Å². The number of nitrogens with one attached hydrogen (secondary N) is 1. The van der Waals surface area contributed by atoms with Crippen LogP contribution in [-0.4, -0.2) is 36.2 Å².